The van der Waals surface area contributed by atoms with Crippen LogP contribution in [0.1, 0.15) is 26.3 Å². The zero-order valence-electron chi connectivity index (χ0n) is 14.3. The Bertz CT molecular complexity index is 788. The van der Waals surface area contributed by atoms with Crippen molar-refractivity contribution in [2.45, 2.75) is 26.4 Å². The van der Waals surface area contributed by atoms with Crippen LogP contribution >= 0.6 is 0 Å². The predicted molar refractivity (Wildman–Crippen MR) is 94.9 cm³/mol. The number of carbonyl (C=O) groups excluding carboxylic acids is 2. The minimum Gasteiger partial charge on any atom is -0.466 e. The lowest BCUT2D eigenvalue weighted by Gasteiger charge is -2.20. The van der Waals surface area contributed by atoms with Gasteiger partial charge in [-0.15, -0.1) is 0 Å². The van der Waals surface area contributed by atoms with Gasteiger partial charge in [0.05, 0.1) is 12.8 Å². The molecule has 5 heteroatoms. The largest absolute Gasteiger partial charge is 0.466 e. The molecule has 0 aliphatic carbocycles. The van der Waals surface area contributed by atoms with Crippen LogP contribution in [-0.4, -0.2) is 24.8 Å². The highest BCUT2D eigenvalue weighted by Gasteiger charge is 2.16. The lowest BCUT2D eigenvalue weighted by atomic mass is 10.0. The summed E-state index contributed by atoms with van der Waals surface area (Å²) in [6.45, 7) is 5.43. The highest BCUT2D eigenvalue weighted by molar-refractivity contribution is 6.01. The Morgan fingerprint density at radius 1 is 1.12 bits per heavy atom. The van der Waals surface area contributed by atoms with Gasteiger partial charge in [0.25, 0.3) is 0 Å². The van der Waals surface area contributed by atoms with Crippen LogP contribution in [0.4, 0.5) is 10.5 Å². The molecule has 2 aromatic rings. The summed E-state index contributed by atoms with van der Waals surface area (Å²) in [6, 6.07) is 11.3. The second-order valence-corrected chi connectivity index (χ2v) is 6.27. The summed E-state index contributed by atoms with van der Waals surface area (Å²) in [5, 5.41) is 4.60. The summed E-state index contributed by atoms with van der Waals surface area (Å²) in [6.07, 6.45) is 2.51. The van der Waals surface area contributed by atoms with Gasteiger partial charge in [-0.25, -0.2) is 9.59 Å². The first-order valence-electron chi connectivity index (χ1n) is 7.57. The summed E-state index contributed by atoms with van der Waals surface area (Å²) < 4.78 is 9.87. The van der Waals surface area contributed by atoms with E-state index in [0.717, 1.165) is 16.3 Å². The van der Waals surface area contributed by atoms with E-state index >= 15 is 0 Å². The van der Waals surface area contributed by atoms with Crippen LogP contribution in [0.25, 0.3) is 16.8 Å². The van der Waals surface area contributed by atoms with E-state index in [1.807, 2.05) is 51.1 Å². The first-order chi connectivity index (χ1) is 11.3. The second kappa shape index (κ2) is 7.17. The minimum absolute atomic E-state index is 0.421. The molecule has 0 aliphatic heterocycles. The van der Waals surface area contributed by atoms with Crippen molar-refractivity contribution in [2.75, 3.05) is 12.4 Å². The Balaban J connectivity index is 2.31. The molecular formula is C19H21NO4. The maximum absolute atomic E-state index is 12.0. The topological polar surface area (TPSA) is 64.6 Å². The van der Waals surface area contributed by atoms with Crippen LogP contribution < -0.4 is 5.32 Å². The lowest BCUT2D eigenvalue weighted by Crippen LogP contribution is -2.27. The van der Waals surface area contributed by atoms with Crippen molar-refractivity contribution in [3.05, 3.63) is 48.0 Å². The third-order valence-electron chi connectivity index (χ3n) is 3.15. The lowest BCUT2D eigenvalue weighted by molar-refractivity contribution is -0.134. The molecule has 0 atom stereocenters. The third kappa shape index (κ3) is 4.84. The Morgan fingerprint density at radius 3 is 2.54 bits per heavy atom. The summed E-state index contributed by atoms with van der Waals surface area (Å²) in [5.41, 5.74) is 0.907. The van der Waals surface area contributed by atoms with Crippen molar-refractivity contribution in [1.82, 2.24) is 0 Å². The molecule has 0 unspecified atom stereocenters. The monoisotopic (exact) mass is 327 g/mol. The van der Waals surface area contributed by atoms with E-state index in [0.29, 0.717) is 5.69 Å². The molecule has 0 radical (unpaired) electrons. The van der Waals surface area contributed by atoms with Crippen LogP contribution in [0.15, 0.2) is 42.5 Å². The summed E-state index contributed by atoms with van der Waals surface area (Å²) >= 11 is 0. The van der Waals surface area contributed by atoms with Gasteiger partial charge >= 0.3 is 12.1 Å². The molecule has 1 N–H and O–H groups in total. The van der Waals surface area contributed by atoms with Gasteiger partial charge in [0.2, 0.25) is 0 Å². The van der Waals surface area contributed by atoms with E-state index in [2.05, 4.69) is 10.1 Å². The molecule has 0 saturated carbocycles. The van der Waals surface area contributed by atoms with Gasteiger partial charge in [-0.05, 0) is 49.9 Å². The van der Waals surface area contributed by atoms with Crippen molar-refractivity contribution < 1.29 is 19.1 Å². The van der Waals surface area contributed by atoms with Crippen molar-refractivity contribution >= 4 is 34.6 Å². The number of carbonyl (C=O) groups is 2. The molecule has 5 nitrogen and oxygen atoms in total. The maximum Gasteiger partial charge on any atom is 0.412 e. The van der Waals surface area contributed by atoms with E-state index in [-0.39, 0.29) is 0 Å². The third-order valence-corrected chi connectivity index (χ3v) is 3.15. The van der Waals surface area contributed by atoms with E-state index in [1.165, 1.54) is 13.2 Å². The highest BCUT2D eigenvalue weighted by atomic mass is 16.6. The first kappa shape index (κ1) is 17.5. The molecule has 0 saturated heterocycles. The van der Waals surface area contributed by atoms with E-state index in [1.54, 1.807) is 12.1 Å². The number of hydrogen-bond acceptors (Lipinski definition) is 4. The van der Waals surface area contributed by atoms with Crippen LogP contribution in [-0.2, 0) is 14.3 Å². The number of rotatable bonds is 3. The number of amides is 1. The SMILES string of the molecule is COC(=O)/C=C/c1ccc2cccc(NC(=O)OC(C)(C)C)c2c1. The quantitative estimate of drug-likeness (QED) is 0.671. The van der Waals surface area contributed by atoms with Gasteiger partial charge in [0, 0.05) is 11.5 Å². The number of methoxy groups -OCH3 is 1. The van der Waals surface area contributed by atoms with Gasteiger partial charge in [-0.1, -0.05) is 24.3 Å². The molecule has 24 heavy (non-hydrogen) atoms. The Kier molecular flexibility index (Phi) is 5.24. The highest BCUT2D eigenvalue weighted by Crippen LogP contribution is 2.25. The Hall–Kier alpha value is -2.82. The molecule has 0 aliphatic rings. The smallest absolute Gasteiger partial charge is 0.412 e. The fourth-order valence-corrected chi connectivity index (χ4v) is 2.15. The van der Waals surface area contributed by atoms with E-state index < -0.39 is 17.7 Å². The second-order valence-electron chi connectivity index (χ2n) is 6.27. The van der Waals surface area contributed by atoms with Crippen molar-refractivity contribution in [3.8, 4) is 0 Å². The van der Waals surface area contributed by atoms with E-state index in [4.69, 9.17) is 4.74 Å². The van der Waals surface area contributed by atoms with Crippen LogP contribution in [0.3, 0.4) is 0 Å². The fourth-order valence-electron chi connectivity index (χ4n) is 2.15. The maximum atomic E-state index is 12.0. The molecule has 0 spiro atoms. The zero-order valence-corrected chi connectivity index (χ0v) is 14.3. The first-order valence-corrected chi connectivity index (χ1v) is 7.57. The summed E-state index contributed by atoms with van der Waals surface area (Å²) in [7, 11) is 1.33. The van der Waals surface area contributed by atoms with Crippen molar-refractivity contribution in [2.24, 2.45) is 0 Å². The number of ether oxygens (including phenoxy) is 2. The molecular weight excluding hydrogens is 306 g/mol. The van der Waals surface area contributed by atoms with Crippen LogP contribution in [0, 0.1) is 0 Å². The van der Waals surface area contributed by atoms with Gasteiger partial charge in [0.15, 0.2) is 0 Å². The number of hydrogen-bond donors (Lipinski definition) is 1. The molecule has 0 bridgehead atoms. The summed E-state index contributed by atoms with van der Waals surface area (Å²) in [4.78, 5) is 23.2. The molecule has 0 heterocycles. The molecule has 1 amide bonds. The molecule has 0 aromatic heterocycles. The molecule has 2 aromatic carbocycles. The average molecular weight is 327 g/mol. The Labute approximate surface area is 141 Å². The predicted octanol–water partition coefficient (Wildman–Crippen LogP) is 4.37. The van der Waals surface area contributed by atoms with Gasteiger partial charge in [-0.3, -0.25) is 5.32 Å². The van der Waals surface area contributed by atoms with Gasteiger partial charge < -0.3 is 9.47 Å². The number of esters is 1. The molecule has 2 rings (SSSR count). The number of fused-ring (bicyclic) bond motifs is 1. The summed E-state index contributed by atoms with van der Waals surface area (Å²) in [5.74, 6) is -0.421. The van der Waals surface area contributed by atoms with E-state index in [9.17, 15) is 9.59 Å². The number of benzene rings is 2. The van der Waals surface area contributed by atoms with Crippen LogP contribution in [0.2, 0.25) is 0 Å². The van der Waals surface area contributed by atoms with Crippen LogP contribution in [0.5, 0.6) is 0 Å². The molecule has 126 valence electrons. The van der Waals surface area contributed by atoms with Gasteiger partial charge in [0.1, 0.15) is 5.60 Å². The number of anilines is 1. The number of nitrogens with one attached hydrogen (secondary N) is 1. The van der Waals surface area contributed by atoms with Crippen molar-refractivity contribution in [3.63, 3.8) is 0 Å². The average Bonchev–Trinajstić information content (AvgIpc) is 2.51. The Morgan fingerprint density at radius 2 is 1.88 bits per heavy atom. The molecule has 0 fully saturated rings. The zero-order chi connectivity index (χ0) is 17.7. The van der Waals surface area contributed by atoms with Gasteiger partial charge in [-0.2, -0.15) is 0 Å². The minimum atomic E-state index is -0.566. The normalized spacial score (nSPS) is 11.5. The fraction of sp³-hybridized carbons (Fsp3) is 0.263. The standard InChI is InChI=1S/C19H21NO4/c1-19(2,3)24-18(22)20-16-7-5-6-14-10-8-13(12-15(14)16)9-11-17(21)23-4/h5-12H,1-4H3,(H,20,22)/b11-9+. The van der Waals surface area contributed by atoms with Crippen molar-refractivity contribution in [1.29, 1.82) is 0 Å².